The van der Waals surface area contributed by atoms with Gasteiger partial charge in [-0.2, -0.15) is 10.2 Å². The van der Waals surface area contributed by atoms with Gasteiger partial charge in [0.05, 0.1) is 6.42 Å². The van der Waals surface area contributed by atoms with Crippen molar-refractivity contribution in [1.29, 1.82) is 5.26 Å². The normalized spacial score (nSPS) is 10.5. The maximum Gasteiger partial charge on any atom is 0.232 e. The molecular weight excluding hydrogens is 270 g/mol. The molecule has 0 saturated heterocycles. The van der Waals surface area contributed by atoms with Crippen LogP contribution in [0, 0.1) is 18.3 Å². The van der Waals surface area contributed by atoms with Crippen LogP contribution in [0.1, 0.15) is 34.3 Å². The quantitative estimate of drug-likeness (QED) is 0.718. The molecule has 3 aromatic rings. The first-order valence-electron chi connectivity index (χ1n) is 6.32. The Kier molecular flexibility index (Phi) is 3.43. The SMILES string of the molecule is Cc1onc(Cc2nc(Cc3ccncc3)no2)c1C#N. The fourth-order valence-corrected chi connectivity index (χ4v) is 1.94. The lowest BCUT2D eigenvalue weighted by Gasteiger charge is -1.93. The minimum atomic E-state index is 0.281. The van der Waals surface area contributed by atoms with Crippen molar-refractivity contribution in [3.63, 3.8) is 0 Å². The van der Waals surface area contributed by atoms with Crippen LogP contribution in [-0.2, 0) is 12.8 Å². The van der Waals surface area contributed by atoms with Gasteiger partial charge < -0.3 is 9.05 Å². The Morgan fingerprint density at radius 1 is 1.14 bits per heavy atom. The van der Waals surface area contributed by atoms with Crippen molar-refractivity contribution in [2.24, 2.45) is 0 Å². The van der Waals surface area contributed by atoms with E-state index in [1.54, 1.807) is 19.3 Å². The van der Waals surface area contributed by atoms with E-state index in [-0.39, 0.29) is 6.42 Å². The predicted molar refractivity (Wildman–Crippen MR) is 70.1 cm³/mol. The third kappa shape index (κ3) is 2.79. The van der Waals surface area contributed by atoms with Gasteiger partial charge in [0.15, 0.2) is 11.6 Å². The number of hydrogen-bond donors (Lipinski definition) is 0. The fourth-order valence-electron chi connectivity index (χ4n) is 1.94. The van der Waals surface area contributed by atoms with E-state index in [1.807, 2.05) is 12.1 Å². The second kappa shape index (κ2) is 5.54. The lowest BCUT2D eigenvalue weighted by Crippen LogP contribution is -1.94. The molecular formula is C14H11N5O2. The van der Waals surface area contributed by atoms with Gasteiger partial charge in [0, 0.05) is 18.8 Å². The van der Waals surface area contributed by atoms with Gasteiger partial charge in [0.1, 0.15) is 17.3 Å². The van der Waals surface area contributed by atoms with Gasteiger partial charge in [0.25, 0.3) is 0 Å². The van der Waals surface area contributed by atoms with E-state index in [2.05, 4.69) is 26.4 Å². The first-order chi connectivity index (χ1) is 10.3. The lowest BCUT2D eigenvalue weighted by atomic mass is 10.1. The number of pyridine rings is 1. The van der Waals surface area contributed by atoms with E-state index < -0.39 is 0 Å². The molecule has 0 aliphatic heterocycles. The van der Waals surface area contributed by atoms with E-state index in [9.17, 15) is 0 Å². The van der Waals surface area contributed by atoms with E-state index in [1.165, 1.54) is 0 Å². The highest BCUT2D eigenvalue weighted by Gasteiger charge is 2.16. The Morgan fingerprint density at radius 2 is 1.95 bits per heavy atom. The molecule has 0 atom stereocenters. The van der Waals surface area contributed by atoms with Crippen molar-refractivity contribution in [1.82, 2.24) is 20.3 Å². The van der Waals surface area contributed by atoms with Gasteiger partial charge in [-0.1, -0.05) is 10.3 Å². The van der Waals surface area contributed by atoms with Crippen LogP contribution >= 0.6 is 0 Å². The van der Waals surface area contributed by atoms with Crippen molar-refractivity contribution in [2.45, 2.75) is 19.8 Å². The van der Waals surface area contributed by atoms with Crippen LogP contribution in [0.4, 0.5) is 0 Å². The largest absolute Gasteiger partial charge is 0.360 e. The topological polar surface area (TPSA) is 102 Å². The molecule has 3 heterocycles. The van der Waals surface area contributed by atoms with Crippen LogP contribution in [-0.4, -0.2) is 20.3 Å². The van der Waals surface area contributed by atoms with E-state index >= 15 is 0 Å². The second-order valence-corrected chi connectivity index (χ2v) is 4.49. The van der Waals surface area contributed by atoms with Crippen LogP contribution in [0.25, 0.3) is 0 Å². The van der Waals surface area contributed by atoms with Crippen LogP contribution in [0.15, 0.2) is 33.6 Å². The molecule has 0 radical (unpaired) electrons. The standard InChI is InChI=1S/C14H11N5O2/c1-9-11(8-15)12(18-20-9)7-14-17-13(19-21-14)6-10-2-4-16-5-3-10/h2-5H,6-7H2,1H3. The summed E-state index contributed by atoms with van der Waals surface area (Å²) in [5, 5.41) is 16.8. The smallest absolute Gasteiger partial charge is 0.232 e. The number of aromatic nitrogens is 4. The van der Waals surface area contributed by atoms with Crippen LogP contribution < -0.4 is 0 Å². The third-order valence-corrected chi connectivity index (χ3v) is 2.99. The summed E-state index contributed by atoms with van der Waals surface area (Å²) in [5.41, 5.74) is 1.98. The van der Waals surface area contributed by atoms with E-state index in [0.717, 1.165) is 5.56 Å². The molecule has 0 unspecified atom stereocenters. The Morgan fingerprint density at radius 3 is 2.71 bits per heavy atom. The number of rotatable bonds is 4. The maximum atomic E-state index is 9.04. The zero-order chi connectivity index (χ0) is 14.7. The molecule has 3 aromatic heterocycles. The molecule has 21 heavy (non-hydrogen) atoms. The van der Waals surface area contributed by atoms with E-state index in [0.29, 0.717) is 35.2 Å². The van der Waals surface area contributed by atoms with Gasteiger partial charge in [-0.05, 0) is 24.6 Å². The zero-order valence-corrected chi connectivity index (χ0v) is 11.3. The summed E-state index contributed by atoms with van der Waals surface area (Å²) in [7, 11) is 0. The molecule has 0 fully saturated rings. The minimum Gasteiger partial charge on any atom is -0.360 e. The van der Waals surface area contributed by atoms with Crippen molar-refractivity contribution < 1.29 is 9.05 Å². The van der Waals surface area contributed by atoms with Crippen molar-refractivity contribution in [3.8, 4) is 6.07 Å². The lowest BCUT2D eigenvalue weighted by molar-refractivity contribution is 0.368. The summed E-state index contributed by atoms with van der Waals surface area (Å²) in [6, 6.07) is 5.85. The molecule has 7 nitrogen and oxygen atoms in total. The fraction of sp³-hybridized carbons (Fsp3) is 0.214. The van der Waals surface area contributed by atoms with Crippen LogP contribution in [0.5, 0.6) is 0 Å². The van der Waals surface area contributed by atoms with Crippen molar-refractivity contribution in [3.05, 3.63) is 58.8 Å². The number of hydrogen-bond acceptors (Lipinski definition) is 7. The van der Waals surface area contributed by atoms with Gasteiger partial charge in [-0.25, -0.2) is 0 Å². The summed E-state index contributed by atoms with van der Waals surface area (Å²) in [4.78, 5) is 8.25. The van der Waals surface area contributed by atoms with Crippen molar-refractivity contribution in [2.75, 3.05) is 0 Å². The Bertz CT molecular complexity index is 785. The Balaban J connectivity index is 1.75. The molecule has 0 saturated carbocycles. The minimum absolute atomic E-state index is 0.281. The molecule has 104 valence electrons. The average molecular weight is 281 g/mol. The Labute approximate surface area is 120 Å². The molecule has 0 amide bonds. The summed E-state index contributed by atoms with van der Waals surface area (Å²) in [6.07, 6.45) is 4.28. The Hall–Kier alpha value is -3.01. The first kappa shape index (κ1) is 13.0. The van der Waals surface area contributed by atoms with Gasteiger partial charge in [-0.3, -0.25) is 4.98 Å². The number of aryl methyl sites for hydroxylation is 1. The highest BCUT2D eigenvalue weighted by Crippen LogP contribution is 2.15. The summed E-state index contributed by atoms with van der Waals surface area (Å²) in [6.45, 7) is 1.69. The number of nitrogens with zero attached hydrogens (tertiary/aromatic N) is 5. The molecule has 3 rings (SSSR count). The monoisotopic (exact) mass is 281 g/mol. The molecule has 0 spiro atoms. The maximum absolute atomic E-state index is 9.04. The summed E-state index contributed by atoms with van der Waals surface area (Å²) < 4.78 is 10.2. The second-order valence-electron chi connectivity index (χ2n) is 4.49. The molecule has 0 bridgehead atoms. The molecule has 0 N–H and O–H groups in total. The van der Waals surface area contributed by atoms with Crippen molar-refractivity contribution >= 4 is 0 Å². The van der Waals surface area contributed by atoms with Gasteiger partial charge in [-0.15, -0.1) is 0 Å². The van der Waals surface area contributed by atoms with Gasteiger partial charge >= 0.3 is 0 Å². The molecule has 0 aromatic carbocycles. The molecule has 7 heteroatoms. The average Bonchev–Trinajstić information content (AvgIpc) is 3.07. The predicted octanol–water partition coefficient (Wildman–Crippen LogP) is 1.81. The van der Waals surface area contributed by atoms with Gasteiger partial charge in [0.2, 0.25) is 5.89 Å². The summed E-state index contributed by atoms with van der Waals surface area (Å²) in [5.74, 6) is 1.47. The highest BCUT2D eigenvalue weighted by atomic mass is 16.5. The summed E-state index contributed by atoms with van der Waals surface area (Å²) >= 11 is 0. The first-order valence-corrected chi connectivity index (χ1v) is 6.32. The third-order valence-electron chi connectivity index (χ3n) is 2.99. The molecule has 0 aliphatic rings. The van der Waals surface area contributed by atoms with Crippen LogP contribution in [0.3, 0.4) is 0 Å². The zero-order valence-electron chi connectivity index (χ0n) is 11.3. The highest BCUT2D eigenvalue weighted by molar-refractivity contribution is 5.36. The van der Waals surface area contributed by atoms with E-state index in [4.69, 9.17) is 14.3 Å². The van der Waals surface area contributed by atoms with Crippen LogP contribution in [0.2, 0.25) is 0 Å². The number of nitriles is 1. The molecule has 0 aliphatic carbocycles.